The van der Waals surface area contributed by atoms with Crippen molar-refractivity contribution in [2.45, 2.75) is 6.92 Å². The van der Waals surface area contributed by atoms with Gasteiger partial charge < -0.3 is 19.5 Å². The molecule has 0 radical (unpaired) electrons. The number of morpholine rings is 1. The lowest BCUT2D eigenvalue weighted by Crippen LogP contribution is -2.39. The number of aryl methyl sites for hydroxylation is 1. The molecule has 0 spiro atoms. The summed E-state index contributed by atoms with van der Waals surface area (Å²) in [5, 5.41) is 12.7. The number of nitrogens with one attached hydrogen (secondary N) is 1. The molecule has 1 fully saturated rings. The highest BCUT2D eigenvalue weighted by molar-refractivity contribution is 5.88. The second-order valence-electron chi connectivity index (χ2n) is 8.67. The highest BCUT2D eigenvalue weighted by Crippen LogP contribution is 2.35. The quantitative estimate of drug-likeness (QED) is 0.390. The van der Waals surface area contributed by atoms with Crippen molar-refractivity contribution in [3.63, 3.8) is 0 Å². The summed E-state index contributed by atoms with van der Waals surface area (Å²) in [5.74, 6) is 3.23. The third-order valence-electron chi connectivity index (χ3n) is 6.34. The van der Waals surface area contributed by atoms with Gasteiger partial charge in [-0.15, -0.1) is 0 Å². The minimum absolute atomic E-state index is 0.582. The number of nitrogens with zero attached hydrogens (tertiary/aromatic N) is 6. The highest BCUT2D eigenvalue weighted by atomic mass is 16.5. The van der Waals surface area contributed by atoms with Gasteiger partial charge in [-0.2, -0.15) is 5.26 Å². The van der Waals surface area contributed by atoms with E-state index >= 15 is 0 Å². The second kappa shape index (κ2) is 10.8. The fraction of sp³-hybridized carbons (Fsp3) is 0.333. The van der Waals surface area contributed by atoms with Crippen LogP contribution in [0.1, 0.15) is 11.4 Å². The third kappa shape index (κ3) is 5.05. The van der Waals surface area contributed by atoms with Gasteiger partial charge in [0, 0.05) is 37.8 Å². The van der Waals surface area contributed by atoms with Crippen molar-refractivity contribution in [1.82, 2.24) is 24.4 Å². The van der Waals surface area contributed by atoms with Crippen LogP contribution in [-0.4, -0.2) is 78.0 Å². The highest BCUT2D eigenvalue weighted by Gasteiger charge is 2.21. The van der Waals surface area contributed by atoms with Gasteiger partial charge in [-0.25, -0.2) is 15.0 Å². The largest absolute Gasteiger partial charge is 0.493 e. The topological polar surface area (TPSA) is 110 Å². The van der Waals surface area contributed by atoms with Crippen LogP contribution in [0.4, 0.5) is 5.82 Å². The lowest BCUT2D eigenvalue weighted by Gasteiger charge is -2.26. The number of nitriles is 1. The number of methoxy groups -OCH3 is 2. The molecule has 1 saturated heterocycles. The number of ether oxygens (including phenoxy) is 3. The van der Waals surface area contributed by atoms with Crippen molar-refractivity contribution < 1.29 is 14.2 Å². The van der Waals surface area contributed by atoms with Gasteiger partial charge in [0.1, 0.15) is 11.6 Å². The summed E-state index contributed by atoms with van der Waals surface area (Å²) in [6.07, 6.45) is 0. The van der Waals surface area contributed by atoms with E-state index in [-0.39, 0.29) is 0 Å². The van der Waals surface area contributed by atoms with E-state index in [1.165, 1.54) is 0 Å². The molecule has 10 heteroatoms. The molecule has 0 aliphatic carbocycles. The molecule has 1 aliphatic rings. The molecule has 0 atom stereocenters. The Balaban J connectivity index is 1.61. The molecule has 5 rings (SSSR count). The number of fused-ring (bicyclic) bond motifs is 1. The van der Waals surface area contributed by atoms with Gasteiger partial charge in [0.15, 0.2) is 28.5 Å². The zero-order valence-electron chi connectivity index (χ0n) is 21.2. The lowest BCUT2D eigenvalue weighted by molar-refractivity contribution is 0.0398. The van der Waals surface area contributed by atoms with Gasteiger partial charge in [0.25, 0.3) is 0 Å². The first-order valence-electron chi connectivity index (χ1n) is 12.1. The Morgan fingerprint density at radius 2 is 1.76 bits per heavy atom. The predicted molar refractivity (Wildman–Crippen MR) is 140 cm³/mol. The molecule has 1 aliphatic heterocycles. The molecule has 1 N–H and O–H groups in total. The minimum atomic E-state index is 0.582. The number of anilines is 1. The number of benzene rings is 2. The van der Waals surface area contributed by atoms with Crippen LogP contribution in [-0.2, 0) is 4.74 Å². The van der Waals surface area contributed by atoms with E-state index in [0.29, 0.717) is 45.7 Å². The van der Waals surface area contributed by atoms with E-state index in [4.69, 9.17) is 24.2 Å². The van der Waals surface area contributed by atoms with Crippen LogP contribution in [0.15, 0.2) is 42.5 Å². The van der Waals surface area contributed by atoms with Crippen LogP contribution in [0.3, 0.4) is 0 Å². The molecule has 3 heterocycles. The van der Waals surface area contributed by atoms with Gasteiger partial charge >= 0.3 is 0 Å². The number of aromatic nitrogens is 4. The molecular formula is C27H29N7O3. The summed E-state index contributed by atoms with van der Waals surface area (Å²) < 4.78 is 18.4. The monoisotopic (exact) mass is 499 g/mol. The summed E-state index contributed by atoms with van der Waals surface area (Å²) in [6, 6.07) is 15.2. The summed E-state index contributed by atoms with van der Waals surface area (Å²) in [5.41, 5.74) is 3.59. The van der Waals surface area contributed by atoms with Gasteiger partial charge in [-0.3, -0.25) is 9.47 Å². The maximum atomic E-state index is 9.26. The molecule has 0 amide bonds. The SMILES string of the molecule is COc1ccc(-n2c(-c3ccc(C#N)cc3)nc3c(NCCN4CCOCC4)nc(C)nc32)cc1OC. The molecule has 4 aromatic rings. The number of hydrogen-bond donors (Lipinski definition) is 1. The molecule has 0 bridgehead atoms. The van der Waals surface area contributed by atoms with Crippen LogP contribution in [0, 0.1) is 18.3 Å². The molecule has 0 unspecified atom stereocenters. The van der Waals surface area contributed by atoms with Gasteiger partial charge in [-0.1, -0.05) is 0 Å². The van der Waals surface area contributed by atoms with Crippen molar-refractivity contribution in [2.75, 3.05) is 58.9 Å². The van der Waals surface area contributed by atoms with Crippen LogP contribution < -0.4 is 14.8 Å². The maximum absolute atomic E-state index is 9.26. The predicted octanol–water partition coefficient (Wildman–Crippen LogP) is 3.42. The van der Waals surface area contributed by atoms with Gasteiger partial charge in [0.05, 0.1) is 44.8 Å². The second-order valence-corrected chi connectivity index (χ2v) is 8.67. The Bertz CT molecular complexity index is 1440. The van der Waals surface area contributed by atoms with Crippen LogP contribution in [0.25, 0.3) is 28.2 Å². The van der Waals surface area contributed by atoms with E-state index in [1.54, 1.807) is 26.4 Å². The Kier molecular flexibility index (Phi) is 7.16. The molecule has 2 aromatic heterocycles. The zero-order chi connectivity index (χ0) is 25.8. The Morgan fingerprint density at radius 3 is 2.46 bits per heavy atom. The smallest absolute Gasteiger partial charge is 0.170 e. The zero-order valence-corrected chi connectivity index (χ0v) is 21.2. The Labute approximate surface area is 215 Å². The molecule has 10 nitrogen and oxygen atoms in total. The van der Waals surface area contributed by atoms with E-state index in [2.05, 4.69) is 21.3 Å². The number of hydrogen-bond acceptors (Lipinski definition) is 9. The molecule has 190 valence electrons. The standard InChI is InChI=1S/C27H29N7O3/c1-18-30-25(29-10-11-33-12-14-37-15-13-33)24-27(31-18)34(21-8-9-22(35-2)23(16-21)36-3)26(32-24)20-6-4-19(17-28)5-7-20/h4-9,16H,10-15H2,1-3H3,(H,29,30,31). The van der Waals surface area contributed by atoms with E-state index in [0.717, 1.165) is 50.6 Å². The van der Waals surface area contributed by atoms with Crippen molar-refractivity contribution >= 4 is 17.0 Å². The summed E-state index contributed by atoms with van der Waals surface area (Å²) in [7, 11) is 3.22. The van der Waals surface area contributed by atoms with Gasteiger partial charge in [0.2, 0.25) is 0 Å². The molecule has 2 aromatic carbocycles. The van der Waals surface area contributed by atoms with Crippen molar-refractivity contribution in [1.29, 1.82) is 5.26 Å². The third-order valence-corrected chi connectivity index (χ3v) is 6.34. The number of rotatable bonds is 8. The first kappa shape index (κ1) is 24.5. The summed E-state index contributed by atoms with van der Waals surface area (Å²) in [6.45, 7) is 6.86. The van der Waals surface area contributed by atoms with Crippen molar-refractivity contribution in [3.8, 4) is 34.6 Å². The van der Waals surface area contributed by atoms with Crippen molar-refractivity contribution in [3.05, 3.63) is 53.9 Å². The van der Waals surface area contributed by atoms with Crippen LogP contribution in [0.2, 0.25) is 0 Å². The summed E-state index contributed by atoms with van der Waals surface area (Å²) in [4.78, 5) is 16.8. The first-order chi connectivity index (χ1) is 18.1. The lowest BCUT2D eigenvalue weighted by atomic mass is 10.1. The van der Waals surface area contributed by atoms with Crippen LogP contribution in [0.5, 0.6) is 11.5 Å². The fourth-order valence-electron chi connectivity index (χ4n) is 4.44. The fourth-order valence-corrected chi connectivity index (χ4v) is 4.44. The van der Waals surface area contributed by atoms with E-state index < -0.39 is 0 Å². The Morgan fingerprint density at radius 1 is 1.00 bits per heavy atom. The average Bonchev–Trinajstić information content (AvgIpc) is 3.32. The normalized spacial score (nSPS) is 13.9. The van der Waals surface area contributed by atoms with Crippen molar-refractivity contribution in [2.24, 2.45) is 0 Å². The number of imidazole rings is 1. The van der Waals surface area contributed by atoms with Gasteiger partial charge in [-0.05, 0) is 43.3 Å². The minimum Gasteiger partial charge on any atom is -0.493 e. The van der Waals surface area contributed by atoms with E-state index in [1.807, 2.05) is 41.8 Å². The Hall–Kier alpha value is -4.20. The van der Waals surface area contributed by atoms with Crippen LogP contribution >= 0.6 is 0 Å². The molecule has 37 heavy (non-hydrogen) atoms. The summed E-state index contributed by atoms with van der Waals surface area (Å²) >= 11 is 0. The average molecular weight is 500 g/mol. The molecule has 0 saturated carbocycles. The maximum Gasteiger partial charge on any atom is 0.170 e. The van der Waals surface area contributed by atoms with E-state index in [9.17, 15) is 5.26 Å². The molecular weight excluding hydrogens is 470 g/mol. The first-order valence-corrected chi connectivity index (χ1v) is 12.1.